The molecule has 3 heterocycles. The Hall–Kier alpha value is -3.95. The lowest BCUT2D eigenvalue weighted by Gasteiger charge is -2.24. The third-order valence-electron chi connectivity index (χ3n) is 6.45. The zero-order valence-electron chi connectivity index (χ0n) is 19.5. The van der Waals surface area contributed by atoms with Crippen LogP contribution in [0.3, 0.4) is 0 Å². The molecular weight excluding hydrogens is 475 g/mol. The monoisotopic (exact) mass is 499 g/mol. The number of nitrogens with zero attached hydrogens (tertiary/aromatic N) is 3. The van der Waals surface area contributed by atoms with E-state index in [1.54, 1.807) is 6.07 Å². The number of fused-ring (bicyclic) bond motifs is 1. The average molecular weight is 499 g/mol. The van der Waals surface area contributed by atoms with E-state index in [0.717, 1.165) is 23.0 Å². The molecule has 0 radical (unpaired) electrons. The Kier molecular flexibility index (Phi) is 6.71. The number of carbonyl (C=O) groups excluding carboxylic acids is 2. The highest BCUT2D eigenvalue weighted by atomic mass is 19.4. The molecule has 0 saturated carbocycles. The fourth-order valence-electron chi connectivity index (χ4n) is 4.58. The number of carboxylic acid groups (broad SMARTS) is 1. The molecule has 1 spiro atoms. The standard InChI is InChI=1S/C24H23N3O2.C2HF3O2/c1-17-6-9-19(10-7-17)27-16-24(14-22(27)28)12-13-26(15-24)23(29)21-11-8-18-4-2-3-5-20(18)25-21;3-2(4,5)1(6)7/h2-11H,12-16H2,1H3;(H,6,7). The van der Waals surface area contributed by atoms with Crippen molar-refractivity contribution in [1.29, 1.82) is 0 Å². The molecule has 0 bridgehead atoms. The molecule has 1 atom stereocenters. The summed E-state index contributed by atoms with van der Waals surface area (Å²) in [6.45, 7) is 3.99. The van der Waals surface area contributed by atoms with Gasteiger partial charge in [0.2, 0.25) is 5.91 Å². The van der Waals surface area contributed by atoms with Crippen molar-refractivity contribution in [1.82, 2.24) is 9.88 Å². The second kappa shape index (κ2) is 9.60. The van der Waals surface area contributed by atoms with Crippen molar-refractivity contribution in [2.75, 3.05) is 24.5 Å². The van der Waals surface area contributed by atoms with Crippen LogP contribution in [0, 0.1) is 12.3 Å². The van der Waals surface area contributed by atoms with E-state index in [9.17, 15) is 22.8 Å². The quantitative estimate of drug-likeness (QED) is 0.563. The van der Waals surface area contributed by atoms with Gasteiger partial charge in [0.05, 0.1) is 5.52 Å². The maximum Gasteiger partial charge on any atom is 0.490 e. The van der Waals surface area contributed by atoms with Crippen LogP contribution in [0.5, 0.6) is 0 Å². The van der Waals surface area contributed by atoms with E-state index in [-0.39, 0.29) is 17.2 Å². The molecule has 2 amide bonds. The summed E-state index contributed by atoms with van der Waals surface area (Å²) in [5, 5.41) is 8.15. The third-order valence-corrected chi connectivity index (χ3v) is 6.45. The van der Waals surface area contributed by atoms with Crippen LogP contribution < -0.4 is 4.90 Å². The third kappa shape index (κ3) is 5.32. The Morgan fingerprint density at radius 1 is 1.00 bits per heavy atom. The number of aliphatic carboxylic acids is 1. The van der Waals surface area contributed by atoms with E-state index in [0.29, 0.717) is 31.7 Å². The van der Waals surface area contributed by atoms with Gasteiger partial charge in [-0.15, -0.1) is 0 Å². The molecule has 5 rings (SSSR count). The molecule has 0 aliphatic carbocycles. The molecule has 2 aliphatic heterocycles. The summed E-state index contributed by atoms with van der Waals surface area (Å²) in [5.74, 6) is -2.66. The minimum Gasteiger partial charge on any atom is -0.475 e. The van der Waals surface area contributed by atoms with Gasteiger partial charge in [-0.05, 0) is 37.6 Å². The Balaban J connectivity index is 0.000000384. The number of hydrogen-bond donors (Lipinski definition) is 1. The van der Waals surface area contributed by atoms with E-state index >= 15 is 0 Å². The summed E-state index contributed by atoms with van der Waals surface area (Å²) in [6, 6.07) is 19.6. The highest BCUT2D eigenvalue weighted by Gasteiger charge is 2.49. The van der Waals surface area contributed by atoms with E-state index in [4.69, 9.17) is 9.90 Å². The lowest BCUT2D eigenvalue weighted by atomic mass is 9.86. The first kappa shape index (κ1) is 25.2. The van der Waals surface area contributed by atoms with Crippen molar-refractivity contribution in [3.8, 4) is 0 Å². The van der Waals surface area contributed by atoms with E-state index in [1.807, 2.05) is 71.3 Å². The van der Waals surface area contributed by atoms with E-state index in [2.05, 4.69) is 4.98 Å². The number of aromatic nitrogens is 1. The molecule has 2 aliphatic rings. The second-order valence-electron chi connectivity index (χ2n) is 9.16. The molecule has 2 fully saturated rings. The highest BCUT2D eigenvalue weighted by Crippen LogP contribution is 2.42. The van der Waals surface area contributed by atoms with Crippen molar-refractivity contribution in [2.24, 2.45) is 5.41 Å². The lowest BCUT2D eigenvalue weighted by molar-refractivity contribution is -0.192. The Labute approximate surface area is 205 Å². The van der Waals surface area contributed by atoms with Crippen molar-refractivity contribution in [3.63, 3.8) is 0 Å². The van der Waals surface area contributed by atoms with Gasteiger partial charge in [0, 0.05) is 42.5 Å². The van der Waals surface area contributed by atoms with E-state index in [1.165, 1.54) is 5.56 Å². The molecule has 10 heteroatoms. The number of benzene rings is 2. The molecular formula is C26H24F3N3O4. The van der Waals surface area contributed by atoms with Gasteiger partial charge in [-0.1, -0.05) is 42.0 Å². The number of amides is 2. The minimum absolute atomic E-state index is 0.0473. The molecule has 2 saturated heterocycles. The van der Waals surface area contributed by atoms with Gasteiger partial charge >= 0.3 is 12.1 Å². The summed E-state index contributed by atoms with van der Waals surface area (Å²) >= 11 is 0. The van der Waals surface area contributed by atoms with Crippen molar-refractivity contribution in [3.05, 3.63) is 71.9 Å². The summed E-state index contributed by atoms with van der Waals surface area (Å²) < 4.78 is 31.7. The maximum absolute atomic E-state index is 13.1. The van der Waals surface area contributed by atoms with Crippen molar-refractivity contribution < 1.29 is 32.7 Å². The Bertz CT molecular complexity index is 1310. The zero-order chi connectivity index (χ0) is 26.1. The van der Waals surface area contributed by atoms with Gasteiger partial charge in [-0.2, -0.15) is 13.2 Å². The van der Waals surface area contributed by atoms with Gasteiger partial charge in [0.1, 0.15) is 5.69 Å². The van der Waals surface area contributed by atoms with Gasteiger partial charge in [0.15, 0.2) is 0 Å². The van der Waals surface area contributed by atoms with Crippen LogP contribution in [-0.4, -0.2) is 58.6 Å². The second-order valence-corrected chi connectivity index (χ2v) is 9.16. The number of likely N-dealkylation sites (tertiary alicyclic amines) is 1. The number of carbonyl (C=O) groups is 3. The molecule has 1 aromatic heterocycles. The van der Waals surface area contributed by atoms with E-state index < -0.39 is 12.1 Å². The summed E-state index contributed by atoms with van der Waals surface area (Å²) in [6.07, 6.45) is -3.74. The average Bonchev–Trinajstić information content (AvgIpc) is 3.40. The topological polar surface area (TPSA) is 90.8 Å². The largest absolute Gasteiger partial charge is 0.490 e. The number of hydrogen-bond acceptors (Lipinski definition) is 4. The first-order chi connectivity index (χ1) is 17.0. The van der Waals surface area contributed by atoms with Crippen LogP contribution in [0.15, 0.2) is 60.7 Å². The molecule has 2 aromatic carbocycles. The van der Waals surface area contributed by atoms with Gasteiger partial charge in [0.25, 0.3) is 5.91 Å². The van der Waals surface area contributed by atoms with Crippen LogP contribution in [0.2, 0.25) is 0 Å². The molecule has 188 valence electrons. The number of pyridine rings is 1. The summed E-state index contributed by atoms with van der Waals surface area (Å²) in [4.78, 5) is 43.0. The van der Waals surface area contributed by atoms with Gasteiger partial charge < -0.3 is 14.9 Å². The Morgan fingerprint density at radius 3 is 2.33 bits per heavy atom. The van der Waals surface area contributed by atoms with Crippen LogP contribution in [-0.2, 0) is 9.59 Å². The summed E-state index contributed by atoms with van der Waals surface area (Å²) in [7, 11) is 0. The molecule has 1 N–H and O–H groups in total. The molecule has 7 nitrogen and oxygen atoms in total. The molecule has 36 heavy (non-hydrogen) atoms. The van der Waals surface area contributed by atoms with Crippen molar-refractivity contribution in [2.45, 2.75) is 25.9 Å². The van der Waals surface area contributed by atoms with Crippen LogP contribution in [0.4, 0.5) is 18.9 Å². The number of anilines is 1. The number of rotatable bonds is 2. The van der Waals surface area contributed by atoms with Crippen LogP contribution in [0.1, 0.15) is 28.9 Å². The number of alkyl halides is 3. The zero-order valence-corrected chi connectivity index (χ0v) is 19.5. The number of carboxylic acids is 1. The number of aryl methyl sites for hydroxylation is 1. The molecule has 3 aromatic rings. The minimum atomic E-state index is -5.08. The van der Waals surface area contributed by atoms with Crippen LogP contribution in [0.25, 0.3) is 10.9 Å². The Morgan fingerprint density at radius 2 is 1.67 bits per heavy atom. The SMILES string of the molecule is Cc1ccc(N2CC3(CCN(C(=O)c4ccc5ccccc5n4)C3)CC2=O)cc1.O=C(O)C(F)(F)F. The van der Waals surface area contributed by atoms with Gasteiger partial charge in [-0.3, -0.25) is 9.59 Å². The predicted molar refractivity (Wildman–Crippen MR) is 127 cm³/mol. The smallest absolute Gasteiger partial charge is 0.475 e. The molecule has 1 unspecified atom stereocenters. The lowest BCUT2D eigenvalue weighted by Crippen LogP contribution is -2.34. The fourth-order valence-corrected chi connectivity index (χ4v) is 4.58. The first-order valence-electron chi connectivity index (χ1n) is 11.3. The summed E-state index contributed by atoms with van der Waals surface area (Å²) in [5.41, 5.74) is 3.26. The number of para-hydroxylation sites is 1. The normalized spacial score (nSPS) is 19.5. The van der Waals surface area contributed by atoms with Gasteiger partial charge in [-0.25, -0.2) is 9.78 Å². The van der Waals surface area contributed by atoms with Crippen molar-refractivity contribution >= 4 is 34.4 Å². The maximum atomic E-state index is 13.1. The predicted octanol–water partition coefficient (Wildman–Crippen LogP) is 4.45. The van der Waals surface area contributed by atoms with Crippen LogP contribution >= 0.6 is 0 Å². The fraction of sp³-hybridized carbons (Fsp3) is 0.308. The first-order valence-corrected chi connectivity index (χ1v) is 11.3. The number of halogens is 3. The highest BCUT2D eigenvalue weighted by molar-refractivity contribution is 5.98.